The number of rotatable bonds is 8. The molecule has 1 aliphatic rings. The number of hydrogen-bond acceptors (Lipinski definition) is 5. The largest absolute Gasteiger partial charge is 0.490 e. The summed E-state index contributed by atoms with van der Waals surface area (Å²) >= 11 is 1.68. The molecule has 6 nitrogen and oxygen atoms in total. The van der Waals surface area contributed by atoms with Crippen molar-refractivity contribution in [2.75, 3.05) is 13.2 Å². The molecule has 1 aliphatic carbocycles. The van der Waals surface area contributed by atoms with Gasteiger partial charge in [-0.25, -0.2) is 4.98 Å². The van der Waals surface area contributed by atoms with Crippen molar-refractivity contribution in [2.24, 2.45) is 0 Å². The van der Waals surface area contributed by atoms with Crippen LogP contribution in [0.15, 0.2) is 29.1 Å². The van der Waals surface area contributed by atoms with E-state index in [1.54, 1.807) is 17.4 Å². The first-order chi connectivity index (χ1) is 14.6. The molecule has 1 aromatic carbocycles. The van der Waals surface area contributed by atoms with Gasteiger partial charge in [-0.1, -0.05) is 0 Å². The maximum absolute atomic E-state index is 12.7. The van der Waals surface area contributed by atoms with Crippen LogP contribution < -0.4 is 20.3 Å². The molecule has 0 aliphatic heterocycles. The number of nitrogens with zero attached hydrogens (tertiary/aromatic N) is 2. The molecule has 0 saturated carbocycles. The molecule has 7 heteroatoms. The minimum absolute atomic E-state index is 0.0511. The van der Waals surface area contributed by atoms with Crippen LogP contribution in [0, 0.1) is 0 Å². The van der Waals surface area contributed by atoms with Crippen LogP contribution in [0.5, 0.6) is 11.5 Å². The second-order valence-corrected chi connectivity index (χ2v) is 8.75. The number of nitrogens with two attached hydrogens (primary N) is 1. The van der Waals surface area contributed by atoms with E-state index in [9.17, 15) is 4.79 Å². The lowest BCUT2D eigenvalue weighted by molar-refractivity contribution is -0.708. The van der Waals surface area contributed by atoms with Gasteiger partial charge in [0.15, 0.2) is 16.5 Å². The molecule has 30 heavy (non-hydrogen) atoms. The summed E-state index contributed by atoms with van der Waals surface area (Å²) in [6.45, 7) is 7.96. The number of thiazole rings is 1. The van der Waals surface area contributed by atoms with Crippen LogP contribution in [-0.4, -0.2) is 22.6 Å². The summed E-state index contributed by atoms with van der Waals surface area (Å²) in [5, 5.41) is 2.21. The first-order valence-corrected chi connectivity index (χ1v) is 11.7. The predicted octanol–water partition coefficient (Wildman–Crippen LogP) is 3.26. The van der Waals surface area contributed by atoms with Crippen LogP contribution in [0.2, 0.25) is 0 Å². The molecule has 0 saturated heterocycles. The summed E-state index contributed by atoms with van der Waals surface area (Å²) in [6, 6.07) is 8.00. The van der Waals surface area contributed by atoms with E-state index in [0.717, 1.165) is 47.0 Å². The number of fused-ring (bicyclic) bond motifs is 3. The zero-order chi connectivity index (χ0) is 21.1. The highest BCUT2D eigenvalue weighted by Crippen LogP contribution is 2.30. The maximum atomic E-state index is 12.7. The molecule has 0 unspecified atom stereocenters. The highest BCUT2D eigenvalue weighted by molar-refractivity contribution is 7.17. The van der Waals surface area contributed by atoms with Crippen molar-refractivity contribution in [1.29, 1.82) is 0 Å². The normalized spacial score (nSPS) is 14.5. The second-order valence-electron chi connectivity index (χ2n) is 7.68. The molecule has 4 rings (SSSR count). The summed E-state index contributed by atoms with van der Waals surface area (Å²) in [6.07, 6.45) is 4.42. The lowest BCUT2D eigenvalue weighted by Crippen LogP contribution is -2.83. The quantitative estimate of drug-likeness (QED) is 0.598. The van der Waals surface area contributed by atoms with Crippen molar-refractivity contribution in [1.82, 2.24) is 9.38 Å². The molecule has 0 amide bonds. The van der Waals surface area contributed by atoms with Crippen molar-refractivity contribution in [3.63, 3.8) is 0 Å². The number of aromatic nitrogens is 2. The lowest BCUT2D eigenvalue weighted by Gasteiger charge is -2.15. The molecular formula is C23H30N3O3S+. The van der Waals surface area contributed by atoms with Crippen molar-refractivity contribution in [3.8, 4) is 11.5 Å². The lowest BCUT2D eigenvalue weighted by atomic mass is 10.0. The number of ether oxygens (including phenoxy) is 2. The van der Waals surface area contributed by atoms with Gasteiger partial charge in [0.1, 0.15) is 18.3 Å². The molecule has 160 valence electrons. The summed E-state index contributed by atoms with van der Waals surface area (Å²) < 4.78 is 13.2. The van der Waals surface area contributed by atoms with Crippen molar-refractivity contribution in [3.05, 3.63) is 56.4 Å². The third kappa shape index (κ3) is 4.23. The summed E-state index contributed by atoms with van der Waals surface area (Å²) in [4.78, 5) is 19.7. The third-order valence-electron chi connectivity index (χ3n) is 5.59. The van der Waals surface area contributed by atoms with E-state index in [2.05, 4.69) is 24.4 Å². The van der Waals surface area contributed by atoms with Gasteiger partial charge in [-0.15, -0.1) is 11.3 Å². The Balaban J connectivity index is 1.51. The topological polar surface area (TPSA) is 69.4 Å². The fourth-order valence-electron chi connectivity index (χ4n) is 4.03. The Kier molecular flexibility index (Phi) is 6.39. The van der Waals surface area contributed by atoms with Gasteiger partial charge in [0.05, 0.1) is 13.2 Å². The Labute approximate surface area is 180 Å². The highest BCUT2D eigenvalue weighted by Gasteiger charge is 2.19. The summed E-state index contributed by atoms with van der Waals surface area (Å²) in [7, 11) is 0. The minimum atomic E-state index is 0.0511. The number of quaternary nitrogens is 1. The Hall–Kier alpha value is -2.38. The highest BCUT2D eigenvalue weighted by atomic mass is 32.1. The first kappa shape index (κ1) is 20.9. The second kappa shape index (κ2) is 9.18. The molecule has 1 atom stereocenters. The molecule has 0 spiro atoms. The molecular weight excluding hydrogens is 398 g/mol. The van der Waals surface area contributed by atoms with Gasteiger partial charge in [0.2, 0.25) is 0 Å². The van der Waals surface area contributed by atoms with E-state index in [1.165, 1.54) is 17.0 Å². The average Bonchev–Trinajstić information content (AvgIpc) is 3.12. The first-order valence-electron chi connectivity index (χ1n) is 10.9. The Morgan fingerprint density at radius 3 is 2.70 bits per heavy atom. The van der Waals surface area contributed by atoms with Gasteiger partial charge in [0.25, 0.3) is 5.56 Å². The molecule has 0 bridgehead atoms. The molecule has 2 aromatic heterocycles. The van der Waals surface area contributed by atoms with Crippen LogP contribution in [0.25, 0.3) is 4.96 Å². The predicted molar refractivity (Wildman–Crippen MR) is 119 cm³/mol. The van der Waals surface area contributed by atoms with Crippen LogP contribution in [0.1, 0.15) is 61.5 Å². The number of hydrogen-bond donors (Lipinski definition) is 1. The zero-order valence-electron chi connectivity index (χ0n) is 17.9. The fourth-order valence-corrected chi connectivity index (χ4v) is 5.26. The third-order valence-corrected chi connectivity index (χ3v) is 6.73. The Morgan fingerprint density at radius 2 is 1.90 bits per heavy atom. The molecule has 2 N–H and O–H groups in total. The summed E-state index contributed by atoms with van der Waals surface area (Å²) in [5.41, 5.74) is 3.23. The van der Waals surface area contributed by atoms with Gasteiger partial charge in [0, 0.05) is 22.2 Å². The van der Waals surface area contributed by atoms with E-state index in [1.807, 2.05) is 24.3 Å². The van der Waals surface area contributed by atoms with Gasteiger partial charge in [-0.3, -0.25) is 9.20 Å². The van der Waals surface area contributed by atoms with E-state index in [0.29, 0.717) is 19.8 Å². The monoisotopic (exact) mass is 428 g/mol. The van der Waals surface area contributed by atoms with Crippen molar-refractivity contribution < 1.29 is 14.8 Å². The molecule has 2 heterocycles. The zero-order valence-corrected chi connectivity index (χ0v) is 18.8. The van der Waals surface area contributed by atoms with Crippen LogP contribution in [0.4, 0.5) is 0 Å². The van der Waals surface area contributed by atoms with Crippen molar-refractivity contribution in [2.45, 2.75) is 59.0 Å². The Bertz CT molecular complexity index is 1090. The van der Waals surface area contributed by atoms with E-state index in [-0.39, 0.29) is 11.6 Å². The Morgan fingerprint density at radius 1 is 1.13 bits per heavy atom. The van der Waals surface area contributed by atoms with E-state index >= 15 is 0 Å². The number of benzene rings is 1. The fraction of sp³-hybridized carbons (Fsp3) is 0.478. The maximum Gasteiger partial charge on any atom is 0.259 e. The number of aryl methyl sites for hydroxylation is 2. The van der Waals surface area contributed by atoms with Crippen LogP contribution >= 0.6 is 11.3 Å². The SMILES string of the molecule is CCOc1ccc([C@@H](C)[NH2+]Cc2cc(=O)n3c4c(sc3n2)CCCC4)cc1OCC. The van der Waals surface area contributed by atoms with Gasteiger partial charge < -0.3 is 14.8 Å². The van der Waals surface area contributed by atoms with E-state index in [4.69, 9.17) is 14.5 Å². The smallest absolute Gasteiger partial charge is 0.259 e. The van der Waals surface area contributed by atoms with Gasteiger partial charge >= 0.3 is 0 Å². The minimum Gasteiger partial charge on any atom is -0.490 e. The van der Waals surface area contributed by atoms with Crippen LogP contribution in [-0.2, 0) is 19.4 Å². The van der Waals surface area contributed by atoms with Crippen LogP contribution in [0.3, 0.4) is 0 Å². The molecule has 3 aromatic rings. The molecule has 0 fully saturated rings. The van der Waals surface area contributed by atoms with Gasteiger partial charge in [-0.2, -0.15) is 0 Å². The van der Waals surface area contributed by atoms with Gasteiger partial charge in [-0.05, 0) is 64.7 Å². The standard InChI is InChI=1S/C23H29N3O3S/c1-4-28-19-11-10-16(12-20(19)29-5-2)15(3)24-14-17-13-22(27)26-18-8-6-7-9-21(18)30-23(26)25-17/h10-13,15,24H,4-9,14H2,1-3H3/p+1/t15-/m1/s1. The van der Waals surface area contributed by atoms with E-state index < -0.39 is 0 Å². The average molecular weight is 429 g/mol. The molecule has 0 radical (unpaired) electrons. The summed E-state index contributed by atoms with van der Waals surface area (Å²) in [5.74, 6) is 1.55. The van der Waals surface area contributed by atoms with Crippen molar-refractivity contribution >= 4 is 16.3 Å².